The van der Waals surface area contributed by atoms with E-state index in [1.54, 1.807) is 14.2 Å². The summed E-state index contributed by atoms with van der Waals surface area (Å²) in [6.07, 6.45) is 1.13. The molecule has 1 unspecified atom stereocenters. The van der Waals surface area contributed by atoms with Gasteiger partial charge < -0.3 is 14.2 Å². The maximum absolute atomic E-state index is 12.1. The maximum atomic E-state index is 12.1. The van der Waals surface area contributed by atoms with E-state index in [-0.39, 0.29) is 6.10 Å². The molecule has 0 aliphatic carbocycles. The van der Waals surface area contributed by atoms with Crippen molar-refractivity contribution in [2.75, 3.05) is 14.2 Å². The molecule has 154 valence electrons. The molecule has 2 aromatic carbocycles. The summed E-state index contributed by atoms with van der Waals surface area (Å²) in [6, 6.07) is 13.5. The number of hydrogen-bond acceptors (Lipinski definition) is 4. The average molecular weight is 395 g/mol. The highest BCUT2D eigenvalue weighted by atomic mass is 16.5. The van der Waals surface area contributed by atoms with Gasteiger partial charge in [0.15, 0.2) is 17.8 Å². The van der Waals surface area contributed by atoms with Gasteiger partial charge in [-0.15, -0.1) is 0 Å². The highest BCUT2D eigenvalue weighted by molar-refractivity contribution is 5.84. The summed E-state index contributed by atoms with van der Waals surface area (Å²) >= 11 is 0. The Balaban J connectivity index is 2.44. The van der Waals surface area contributed by atoms with Crippen LogP contribution in [0.15, 0.2) is 65.8 Å². The quantitative estimate of drug-likeness (QED) is 0.362. The molecule has 29 heavy (non-hydrogen) atoms. The number of ether oxygens (including phenoxy) is 3. The fraction of sp³-hybridized carbons (Fsp3) is 0.320. The molecule has 0 spiro atoms. The molecule has 0 heterocycles. The summed E-state index contributed by atoms with van der Waals surface area (Å²) in [5, 5.41) is 0. The monoisotopic (exact) mass is 394 g/mol. The van der Waals surface area contributed by atoms with Crippen LogP contribution in [0.25, 0.3) is 0 Å². The molecule has 1 atom stereocenters. The van der Waals surface area contributed by atoms with Crippen molar-refractivity contribution in [3.05, 3.63) is 82.5 Å². The lowest BCUT2D eigenvalue weighted by Crippen LogP contribution is -2.10. The Bertz CT molecular complexity index is 877. The van der Waals surface area contributed by atoms with E-state index < -0.39 is 0 Å². The van der Waals surface area contributed by atoms with Crippen LogP contribution in [0, 0.1) is 0 Å². The number of allylic oxidation sites excluding steroid dienone is 2. The highest BCUT2D eigenvalue weighted by Crippen LogP contribution is 2.39. The Morgan fingerprint density at radius 3 is 2.28 bits per heavy atom. The van der Waals surface area contributed by atoms with Gasteiger partial charge in [0.2, 0.25) is 0 Å². The van der Waals surface area contributed by atoms with E-state index in [1.807, 2.05) is 49.4 Å². The van der Waals surface area contributed by atoms with E-state index in [2.05, 4.69) is 20.4 Å². The second-order valence-corrected chi connectivity index (χ2v) is 7.18. The van der Waals surface area contributed by atoms with Crippen LogP contribution >= 0.6 is 0 Å². The van der Waals surface area contributed by atoms with Gasteiger partial charge in [0.1, 0.15) is 6.61 Å². The van der Waals surface area contributed by atoms with Crippen molar-refractivity contribution in [3.63, 3.8) is 0 Å². The molecule has 2 rings (SSSR count). The fourth-order valence-electron chi connectivity index (χ4n) is 3.35. The van der Waals surface area contributed by atoms with Crippen molar-refractivity contribution in [1.29, 1.82) is 0 Å². The van der Waals surface area contributed by atoms with Gasteiger partial charge >= 0.3 is 0 Å². The fourth-order valence-corrected chi connectivity index (χ4v) is 3.35. The summed E-state index contributed by atoms with van der Waals surface area (Å²) in [7, 11) is 3.21. The van der Waals surface area contributed by atoms with Gasteiger partial charge in [0, 0.05) is 13.5 Å². The standard InChI is InChI=1S/C25H30O4/c1-17(2)21(18(3)4)14-24(28-6)20-12-13-23(27-5)25(22(20)15-26)29-16-19-10-8-7-9-11-19/h7-13,15,24H,1,14,16H2,2-6H3. The Kier molecular flexibility index (Phi) is 8.22. The normalized spacial score (nSPS) is 11.5. The molecule has 0 fully saturated rings. The molecule has 0 radical (unpaired) electrons. The molecule has 0 saturated heterocycles. The average Bonchev–Trinajstić information content (AvgIpc) is 2.72. The first-order chi connectivity index (χ1) is 13.9. The Morgan fingerprint density at radius 1 is 1.07 bits per heavy atom. The minimum Gasteiger partial charge on any atom is -0.493 e. The minimum atomic E-state index is -0.304. The second-order valence-electron chi connectivity index (χ2n) is 7.18. The van der Waals surface area contributed by atoms with Crippen LogP contribution in [0.1, 0.15) is 54.8 Å². The van der Waals surface area contributed by atoms with Gasteiger partial charge in [-0.2, -0.15) is 0 Å². The van der Waals surface area contributed by atoms with Crippen LogP contribution in [-0.2, 0) is 11.3 Å². The number of carbonyl (C=O) groups is 1. The summed E-state index contributed by atoms with van der Waals surface area (Å²) in [5.74, 6) is 0.948. The highest BCUT2D eigenvalue weighted by Gasteiger charge is 2.23. The molecular formula is C25H30O4. The first-order valence-electron chi connectivity index (χ1n) is 9.60. The van der Waals surface area contributed by atoms with E-state index in [0.29, 0.717) is 30.1 Å². The van der Waals surface area contributed by atoms with Crippen molar-refractivity contribution in [1.82, 2.24) is 0 Å². The smallest absolute Gasteiger partial charge is 0.172 e. The van der Waals surface area contributed by atoms with Gasteiger partial charge in [-0.25, -0.2) is 0 Å². The summed E-state index contributed by atoms with van der Waals surface area (Å²) in [4.78, 5) is 12.1. The van der Waals surface area contributed by atoms with Crippen molar-refractivity contribution >= 4 is 6.29 Å². The van der Waals surface area contributed by atoms with Crippen molar-refractivity contribution < 1.29 is 19.0 Å². The van der Waals surface area contributed by atoms with Crippen LogP contribution in [0.2, 0.25) is 0 Å². The lowest BCUT2D eigenvalue weighted by atomic mass is 9.92. The summed E-state index contributed by atoms with van der Waals surface area (Å²) < 4.78 is 17.3. The van der Waals surface area contributed by atoms with Gasteiger partial charge in [-0.05, 0) is 43.5 Å². The van der Waals surface area contributed by atoms with Gasteiger partial charge in [0.25, 0.3) is 0 Å². The predicted octanol–water partition coefficient (Wildman–Crippen LogP) is 6.08. The van der Waals surface area contributed by atoms with Crippen LogP contribution < -0.4 is 9.47 Å². The first-order valence-corrected chi connectivity index (χ1v) is 9.60. The van der Waals surface area contributed by atoms with Crippen LogP contribution in [0.5, 0.6) is 11.5 Å². The third-order valence-corrected chi connectivity index (χ3v) is 4.90. The van der Waals surface area contributed by atoms with Gasteiger partial charge in [-0.3, -0.25) is 4.79 Å². The van der Waals surface area contributed by atoms with Gasteiger partial charge in [-0.1, -0.05) is 54.1 Å². The lowest BCUT2D eigenvalue weighted by molar-refractivity contribution is 0.0993. The van der Waals surface area contributed by atoms with Crippen LogP contribution in [0.3, 0.4) is 0 Å². The molecule has 0 aliphatic rings. The van der Waals surface area contributed by atoms with Crippen LogP contribution in [-0.4, -0.2) is 20.5 Å². The number of hydrogen-bond donors (Lipinski definition) is 0. The van der Waals surface area contributed by atoms with E-state index in [4.69, 9.17) is 14.2 Å². The molecule has 0 saturated carbocycles. The minimum absolute atomic E-state index is 0.304. The van der Waals surface area contributed by atoms with Crippen LogP contribution in [0.4, 0.5) is 0 Å². The molecule has 4 heteroatoms. The number of methoxy groups -OCH3 is 2. The molecule has 0 amide bonds. The topological polar surface area (TPSA) is 44.8 Å². The molecular weight excluding hydrogens is 364 g/mol. The SMILES string of the molecule is C=C(C)C(CC(OC)c1ccc(OC)c(OCc2ccccc2)c1C=O)=C(C)C. The molecule has 2 aromatic rings. The Morgan fingerprint density at radius 2 is 1.76 bits per heavy atom. The second kappa shape index (κ2) is 10.6. The number of aldehydes is 1. The number of carbonyl (C=O) groups excluding carboxylic acids is 1. The molecule has 0 N–H and O–H groups in total. The summed E-state index contributed by atoms with van der Waals surface area (Å²) in [5.41, 5.74) is 5.54. The van der Waals surface area contributed by atoms with E-state index in [9.17, 15) is 4.79 Å². The Hall–Kier alpha value is -2.85. The van der Waals surface area contributed by atoms with Crippen molar-refractivity contribution in [2.24, 2.45) is 0 Å². The third kappa shape index (κ3) is 5.58. The Labute approximate surface area is 173 Å². The van der Waals surface area contributed by atoms with E-state index >= 15 is 0 Å². The zero-order chi connectivity index (χ0) is 21.4. The van der Waals surface area contributed by atoms with E-state index in [1.165, 1.54) is 5.57 Å². The molecule has 0 aromatic heterocycles. The first kappa shape index (κ1) is 22.4. The number of benzene rings is 2. The molecule has 4 nitrogen and oxygen atoms in total. The summed E-state index contributed by atoms with van der Waals surface area (Å²) in [6.45, 7) is 10.5. The third-order valence-electron chi connectivity index (χ3n) is 4.90. The molecule has 0 bridgehead atoms. The predicted molar refractivity (Wildman–Crippen MR) is 117 cm³/mol. The zero-order valence-electron chi connectivity index (χ0n) is 18.0. The molecule has 0 aliphatic heterocycles. The van der Waals surface area contributed by atoms with Gasteiger partial charge in [0.05, 0.1) is 18.8 Å². The van der Waals surface area contributed by atoms with E-state index in [0.717, 1.165) is 28.6 Å². The van der Waals surface area contributed by atoms with Crippen molar-refractivity contribution in [2.45, 2.75) is 39.9 Å². The maximum Gasteiger partial charge on any atom is 0.172 e. The largest absolute Gasteiger partial charge is 0.493 e. The zero-order valence-corrected chi connectivity index (χ0v) is 18.0. The lowest BCUT2D eigenvalue weighted by Gasteiger charge is -2.23. The van der Waals surface area contributed by atoms with Crippen molar-refractivity contribution in [3.8, 4) is 11.5 Å². The number of rotatable bonds is 10.